The Bertz CT molecular complexity index is 582. The normalized spacial score (nSPS) is 10.8. The van der Waals surface area contributed by atoms with Gasteiger partial charge in [-0.05, 0) is 36.1 Å². The van der Waals surface area contributed by atoms with E-state index in [2.05, 4.69) is 23.8 Å². The number of hydrogen-bond acceptors (Lipinski definition) is 4. The molecule has 0 aliphatic heterocycles. The van der Waals surface area contributed by atoms with Crippen molar-refractivity contribution in [2.24, 2.45) is 0 Å². The standard InChI is InChI=1S/C16H21N3O/c1-11(2)14-8-9-18-16(19-14)7-5-12-4-6-15(20-3)13(17)10-12/h4,6,8-11H,5,7,17H2,1-3H3. The van der Waals surface area contributed by atoms with Crippen LogP contribution in [0.1, 0.15) is 36.8 Å². The molecule has 0 bridgehead atoms. The third-order valence-corrected chi connectivity index (χ3v) is 3.25. The van der Waals surface area contributed by atoms with Crippen molar-refractivity contribution in [1.82, 2.24) is 9.97 Å². The molecule has 2 aromatic rings. The molecule has 0 spiro atoms. The number of benzene rings is 1. The summed E-state index contributed by atoms with van der Waals surface area (Å²) >= 11 is 0. The van der Waals surface area contributed by atoms with Gasteiger partial charge >= 0.3 is 0 Å². The second kappa shape index (κ2) is 6.37. The van der Waals surface area contributed by atoms with Crippen LogP contribution in [-0.4, -0.2) is 17.1 Å². The molecule has 0 saturated carbocycles. The summed E-state index contributed by atoms with van der Waals surface area (Å²) in [6.45, 7) is 4.27. The van der Waals surface area contributed by atoms with Crippen molar-refractivity contribution < 1.29 is 4.74 Å². The third-order valence-electron chi connectivity index (χ3n) is 3.25. The van der Waals surface area contributed by atoms with Crippen molar-refractivity contribution in [3.63, 3.8) is 0 Å². The van der Waals surface area contributed by atoms with Gasteiger partial charge in [-0.15, -0.1) is 0 Å². The Morgan fingerprint density at radius 3 is 2.65 bits per heavy atom. The molecule has 2 rings (SSSR count). The fourth-order valence-electron chi connectivity index (χ4n) is 2.05. The summed E-state index contributed by atoms with van der Waals surface area (Å²) in [7, 11) is 1.62. The minimum absolute atomic E-state index is 0.424. The molecule has 2 N–H and O–H groups in total. The molecule has 4 nitrogen and oxygen atoms in total. The molecule has 0 aliphatic carbocycles. The maximum atomic E-state index is 5.91. The number of ether oxygens (including phenoxy) is 1. The Morgan fingerprint density at radius 1 is 1.20 bits per heavy atom. The highest BCUT2D eigenvalue weighted by Crippen LogP contribution is 2.22. The van der Waals surface area contributed by atoms with Crippen molar-refractivity contribution in [3.8, 4) is 5.75 Å². The number of aromatic nitrogens is 2. The van der Waals surface area contributed by atoms with Crippen LogP contribution in [0.25, 0.3) is 0 Å². The van der Waals surface area contributed by atoms with E-state index in [1.807, 2.05) is 30.5 Å². The van der Waals surface area contributed by atoms with Crippen molar-refractivity contribution in [3.05, 3.63) is 47.5 Å². The van der Waals surface area contributed by atoms with Crippen molar-refractivity contribution in [2.75, 3.05) is 12.8 Å². The van der Waals surface area contributed by atoms with E-state index in [-0.39, 0.29) is 0 Å². The molecule has 0 radical (unpaired) electrons. The molecule has 20 heavy (non-hydrogen) atoms. The summed E-state index contributed by atoms with van der Waals surface area (Å²) in [6, 6.07) is 7.85. The molecule has 0 atom stereocenters. The summed E-state index contributed by atoms with van der Waals surface area (Å²) in [5, 5.41) is 0. The minimum Gasteiger partial charge on any atom is -0.495 e. The lowest BCUT2D eigenvalue weighted by Gasteiger charge is -2.08. The number of nitrogens with two attached hydrogens (primary N) is 1. The quantitative estimate of drug-likeness (QED) is 0.849. The second-order valence-electron chi connectivity index (χ2n) is 5.13. The van der Waals surface area contributed by atoms with Gasteiger partial charge in [0.1, 0.15) is 11.6 Å². The van der Waals surface area contributed by atoms with Crippen LogP contribution in [-0.2, 0) is 12.8 Å². The van der Waals surface area contributed by atoms with Crippen LogP contribution in [0.4, 0.5) is 5.69 Å². The number of anilines is 1. The smallest absolute Gasteiger partial charge is 0.141 e. The fraction of sp³-hybridized carbons (Fsp3) is 0.375. The fourth-order valence-corrected chi connectivity index (χ4v) is 2.05. The average molecular weight is 271 g/mol. The molecule has 4 heteroatoms. The van der Waals surface area contributed by atoms with Gasteiger partial charge < -0.3 is 10.5 Å². The molecule has 106 valence electrons. The summed E-state index contributed by atoms with van der Waals surface area (Å²) in [6.07, 6.45) is 3.52. The monoisotopic (exact) mass is 271 g/mol. The number of aryl methyl sites for hydroxylation is 2. The van der Waals surface area contributed by atoms with E-state index in [0.717, 1.165) is 24.4 Å². The van der Waals surface area contributed by atoms with Crippen LogP contribution in [0.3, 0.4) is 0 Å². The lowest BCUT2D eigenvalue weighted by atomic mass is 10.1. The number of nitrogens with zero attached hydrogens (tertiary/aromatic N) is 2. The first-order chi connectivity index (χ1) is 9.60. The lowest BCUT2D eigenvalue weighted by Crippen LogP contribution is -2.02. The molecule has 1 aromatic heterocycles. The highest BCUT2D eigenvalue weighted by Gasteiger charge is 2.05. The Labute approximate surface area is 120 Å². The van der Waals surface area contributed by atoms with E-state index >= 15 is 0 Å². The van der Waals surface area contributed by atoms with Crippen LogP contribution in [0.2, 0.25) is 0 Å². The van der Waals surface area contributed by atoms with E-state index in [4.69, 9.17) is 10.5 Å². The molecule has 0 aliphatic rings. The Balaban J connectivity index is 2.05. The third kappa shape index (κ3) is 3.47. The van der Waals surface area contributed by atoms with E-state index in [1.54, 1.807) is 7.11 Å². The SMILES string of the molecule is COc1ccc(CCc2nccc(C(C)C)n2)cc1N. The first-order valence-corrected chi connectivity index (χ1v) is 6.84. The van der Waals surface area contributed by atoms with Crippen molar-refractivity contribution in [1.29, 1.82) is 0 Å². The van der Waals surface area contributed by atoms with Gasteiger partial charge in [0.2, 0.25) is 0 Å². The lowest BCUT2D eigenvalue weighted by molar-refractivity contribution is 0.417. The molecule has 0 unspecified atom stereocenters. The van der Waals surface area contributed by atoms with Gasteiger partial charge in [0.25, 0.3) is 0 Å². The van der Waals surface area contributed by atoms with Crippen LogP contribution < -0.4 is 10.5 Å². The average Bonchev–Trinajstić information content (AvgIpc) is 2.45. The Morgan fingerprint density at radius 2 is 2.00 bits per heavy atom. The van der Waals surface area contributed by atoms with Crippen molar-refractivity contribution in [2.45, 2.75) is 32.6 Å². The van der Waals surface area contributed by atoms with Crippen molar-refractivity contribution >= 4 is 5.69 Å². The van der Waals surface area contributed by atoms with Gasteiger partial charge in [0, 0.05) is 18.3 Å². The summed E-state index contributed by atoms with van der Waals surface area (Å²) in [5.41, 5.74) is 8.83. The molecule has 1 heterocycles. The first-order valence-electron chi connectivity index (χ1n) is 6.84. The Kier molecular flexibility index (Phi) is 4.56. The van der Waals surface area contributed by atoms with Crippen LogP contribution in [0, 0.1) is 0 Å². The molecular weight excluding hydrogens is 250 g/mol. The largest absolute Gasteiger partial charge is 0.495 e. The van der Waals surface area contributed by atoms with Crippen LogP contribution >= 0.6 is 0 Å². The molecule has 0 fully saturated rings. The minimum atomic E-state index is 0.424. The zero-order chi connectivity index (χ0) is 14.5. The topological polar surface area (TPSA) is 61.0 Å². The molecule has 0 amide bonds. The predicted molar refractivity (Wildman–Crippen MR) is 80.9 cm³/mol. The van der Waals surface area contributed by atoms with E-state index < -0.39 is 0 Å². The molecule has 0 saturated heterocycles. The summed E-state index contributed by atoms with van der Waals surface area (Å²) in [4.78, 5) is 8.90. The summed E-state index contributed by atoms with van der Waals surface area (Å²) < 4.78 is 5.16. The zero-order valence-electron chi connectivity index (χ0n) is 12.3. The van der Waals surface area contributed by atoms with Gasteiger partial charge in [0.05, 0.1) is 12.8 Å². The molecular formula is C16H21N3O. The van der Waals surface area contributed by atoms with Gasteiger partial charge in [-0.3, -0.25) is 0 Å². The number of rotatable bonds is 5. The maximum Gasteiger partial charge on any atom is 0.141 e. The second-order valence-corrected chi connectivity index (χ2v) is 5.13. The number of methoxy groups -OCH3 is 1. The van der Waals surface area contributed by atoms with Gasteiger partial charge in [-0.2, -0.15) is 0 Å². The first kappa shape index (κ1) is 14.3. The highest BCUT2D eigenvalue weighted by atomic mass is 16.5. The number of hydrogen-bond donors (Lipinski definition) is 1. The van der Waals surface area contributed by atoms with Crippen LogP contribution in [0.15, 0.2) is 30.5 Å². The zero-order valence-corrected chi connectivity index (χ0v) is 12.3. The number of nitrogen functional groups attached to an aromatic ring is 1. The highest BCUT2D eigenvalue weighted by molar-refractivity contribution is 5.54. The van der Waals surface area contributed by atoms with Crippen LogP contribution in [0.5, 0.6) is 5.75 Å². The van der Waals surface area contributed by atoms with E-state index in [0.29, 0.717) is 17.4 Å². The van der Waals surface area contributed by atoms with Gasteiger partial charge in [-0.1, -0.05) is 19.9 Å². The molecule has 1 aromatic carbocycles. The van der Waals surface area contributed by atoms with E-state index in [1.165, 1.54) is 5.56 Å². The maximum absolute atomic E-state index is 5.91. The van der Waals surface area contributed by atoms with E-state index in [9.17, 15) is 0 Å². The van der Waals surface area contributed by atoms with Gasteiger partial charge in [-0.25, -0.2) is 9.97 Å². The van der Waals surface area contributed by atoms with Gasteiger partial charge in [0.15, 0.2) is 0 Å². The summed E-state index contributed by atoms with van der Waals surface area (Å²) in [5.74, 6) is 2.02. The predicted octanol–water partition coefficient (Wildman–Crippen LogP) is 2.98. The Hall–Kier alpha value is -2.10.